The van der Waals surface area contributed by atoms with Gasteiger partial charge in [-0.1, -0.05) is 206 Å². The lowest BCUT2D eigenvalue weighted by molar-refractivity contribution is 0.714. The van der Waals surface area contributed by atoms with Gasteiger partial charge >= 0.3 is 0 Å². The molecule has 0 aliphatic heterocycles. The third-order valence-electron chi connectivity index (χ3n) is 14.1. The van der Waals surface area contributed by atoms with E-state index in [1.165, 1.54) is 83.5 Å². The van der Waals surface area contributed by atoms with E-state index < -0.39 is 5.41 Å². The van der Waals surface area contributed by atoms with Crippen molar-refractivity contribution in [2.75, 3.05) is 4.90 Å². The number of nitrogens with zero attached hydrogens (tertiary/aromatic N) is 1. The highest BCUT2D eigenvalue weighted by molar-refractivity contribution is 5.90. The van der Waals surface area contributed by atoms with Gasteiger partial charge < -0.3 is 4.90 Å². The molecule has 1 heteroatoms. The molecule has 0 saturated carbocycles. The number of hydrogen-bond acceptors (Lipinski definition) is 1. The molecular weight excluding hydrogens is 771 g/mol. The molecule has 1 atom stereocenters. The first kappa shape index (κ1) is 37.7. The summed E-state index contributed by atoms with van der Waals surface area (Å²) in [6.07, 6.45) is 0. The topological polar surface area (TPSA) is 3.24 Å². The second-order valence-corrected chi connectivity index (χ2v) is 17.3. The van der Waals surface area contributed by atoms with Gasteiger partial charge in [0.1, 0.15) is 0 Å². The molecule has 0 bridgehead atoms. The molecule has 0 radical (unpaired) electrons. The molecule has 0 saturated heterocycles. The Kier molecular flexibility index (Phi) is 8.91. The Balaban J connectivity index is 0.910. The van der Waals surface area contributed by atoms with Crippen LogP contribution < -0.4 is 4.90 Å². The van der Waals surface area contributed by atoms with Crippen molar-refractivity contribution < 1.29 is 0 Å². The fourth-order valence-corrected chi connectivity index (χ4v) is 11.0. The predicted molar refractivity (Wildman–Crippen MR) is 267 cm³/mol. The van der Waals surface area contributed by atoms with Crippen molar-refractivity contribution in [1.82, 2.24) is 0 Å². The van der Waals surface area contributed by atoms with Crippen LogP contribution in [0.4, 0.5) is 17.1 Å². The molecule has 12 rings (SSSR count). The highest BCUT2D eigenvalue weighted by atomic mass is 15.1. The van der Waals surface area contributed by atoms with E-state index >= 15 is 0 Å². The van der Waals surface area contributed by atoms with Gasteiger partial charge in [0.05, 0.1) is 5.41 Å². The lowest BCUT2D eigenvalue weighted by Crippen LogP contribution is -2.28. The van der Waals surface area contributed by atoms with Crippen LogP contribution >= 0.6 is 0 Å². The molecule has 1 nitrogen and oxygen atoms in total. The van der Waals surface area contributed by atoms with Gasteiger partial charge in [-0.05, 0) is 139 Å². The van der Waals surface area contributed by atoms with E-state index in [9.17, 15) is 0 Å². The van der Waals surface area contributed by atoms with E-state index in [4.69, 9.17) is 0 Å². The average Bonchev–Trinajstić information content (AvgIpc) is 3.82. The Labute approximate surface area is 376 Å². The Morgan fingerprint density at radius 2 is 0.625 bits per heavy atom. The summed E-state index contributed by atoms with van der Waals surface area (Å²) in [5, 5.41) is 0. The van der Waals surface area contributed by atoms with Gasteiger partial charge in [-0.2, -0.15) is 0 Å². The number of rotatable bonds is 8. The number of anilines is 3. The maximum atomic E-state index is 2.44. The molecular formula is C63H45N. The number of para-hydroxylation sites is 1. The van der Waals surface area contributed by atoms with Crippen LogP contribution in [0.1, 0.15) is 45.9 Å². The van der Waals surface area contributed by atoms with Crippen LogP contribution in [0, 0.1) is 0 Å². The van der Waals surface area contributed by atoms with E-state index in [1.54, 1.807) is 0 Å². The fourth-order valence-electron chi connectivity index (χ4n) is 11.0. The predicted octanol–water partition coefficient (Wildman–Crippen LogP) is 16.2. The molecule has 10 aromatic carbocycles. The Bertz CT molecular complexity index is 3260. The van der Waals surface area contributed by atoms with Crippen LogP contribution in [0.5, 0.6) is 0 Å². The van der Waals surface area contributed by atoms with Gasteiger partial charge in [0, 0.05) is 22.5 Å². The maximum Gasteiger partial charge on any atom is 0.0713 e. The molecule has 2 aliphatic carbocycles. The third-order valence-corrected chi connectivity index (χ3v) is 14.1. The Morgan fingerprint density at radius 3 is 1.16 bits per heavy atom. The van der Waals surface area contributed by atoms with Crippen LogP contribution in [0.2, 0.25) is 0 Å². The van der Waals surface area contributed by atoms with E-state index in [2.05, 4.69) is 267 Å². The smallest absolute Gasteiger partial charge is 0.0713 e. The van der Waals surface area contributed by atoms with Gasteiger partial charge in [0.25, 0.3) is 0 Å². The summed E-state index contributed by atoms with van der Waals surface area (Å²) in [6.45, 7) is 2.38. The molecule has 0 fully saturated rings. The van der Waals surface area contributed by atoms with Crippen molar-refractivity contribution in [2.45, 2.75) is 17.8 Å². The monoisotopic (exact) mass is 815 g/mol. The number of hydrogen-bond donors (Lipinski definition) is 0. The van der Waals surface area contributed by atoms with Crippen molar-refractivity contribution in [1.29, 1.82) is 0 Å². The largest absolute Gasteiger partial charge is 0.311 e. The minimum Gasteiger partial charge on any atom is -0.311 e. The zero-order chi connectivity index (χ0) is 42.7. The zero-order valence-electron chi connectivity index (χ0n) is 35.7. The fraction of sp³-hybridized carbons (Fsp3) is 0.0476. The molecule has 1 unspecified atom stereocenters. The summed E-state index contributed by atoms with van der Waals surface area (Å²) in [4.78, 5) is 2.36. The van der Waals surface area contributed by atoms with Crippen LogP contribution in [-0.2, 0) is 10.8 Å². The first-order valence-corrected chi connectivity index (χ1v) is 22.3. The van der Waals surface area contributed by atoms with Gasteiger partial charge in [-0.25, -0.2) is 0 Å². The second-order valence-electron chi connectivity index (χ2n) is 17.3. The molecule has 0 amide bonds. The molecule has 302 valence electrons. The van der Waals surface area contributed by atoms with E-state index in [-0.39, 0.29) is 5.41 Å². The quantitative estimate of drug-likeness (QED) is 0.148. The summed E-state index contributed by atoms with van der Waals surface area (Å²) in [6, 6.07) is 93.9. The molecule has 0 heterocycles. The van der Waals surface area contributed by atoms with Crippen molar-refractivity contribution in [3.8, 4) is 44.5 Å². The summed E-state index contributed by atoms with van der Waals surface area (Å²) in [5.74, 6) is 0. The second kappa shape index (κ2) is 15.1. The van der Waals surface area contributed by atoms with Gasteiger partial charge in [-0.3, -0.25) is 0 Å². The average molecular weight is 816 g/mol. The standard InChI is InChI=1S/C63H45N/c1-62(48-18-6-2-7-19-48)58-28-16-14-26-54(58)56-40-34-46(42-60(56)62)44-30-36-52(37-31-44)64(51-24-12-5-13-25-51)53-38-32-45(33-39-53)47-35-41-57-55-27-15-17-29-59(55)63(61(57)43-47,49-20-8-3-9-21-49)50-22-10-4-11-23-50/h2-43H,1H3. The lowest BCUT2D eigenvalue weighted by atomic mass is 9.67. The highest BCUT2D eigenvalue weighted by Crippen LogP contribution is 2.57. The first-order valence-electron chi connectivity index (χ1n) is 22.3. The number of fused-ring (bicyclic) bond motifs is 6. The number of benzene rings is 10. The first-order chi connectivity index (χ1) is 31.6. The van der Waals surface area contributed by atoms with Gasteiger partial charge in [0.15, 0.2) is 0 Å². The third kappa shape index (κ3) is 5.78. The van der Waals surface area contributed by atoms with Crippen LogP contribution in [-0.4, -0.2) is 0 Å². The maximum absolute atomic E-state index is 2.44. The SMILES string of the molecule is CC1(c2ccccc2)c2ccccc2-c2ccc(-c3ccc(N(c4ccccc4)c4ccc(-c5ccc6c(c5)C(c5ccccc5)(c5ccccc5)c5ccccc5-6)cc4)cc3)cc21. The minimum atomic E-state index is -0.437. The highest BCUT2D eigenvalue weighted by Gasteiger charge is 2.46. The molecule has 0 N–H and O–H groups in total. The van der Waals surface area contributed by atoms with Gasteiger partial charge in [-0.15, -0.1) is 0 Å². The Hall–Kier alpha value is -8.00. The molecule has 64 heavy (non-hydrogen) atoms. The Morgan fingerprint density at radius 1 is 0.266 bits per heavy atom. The molecule has 2 aliphatic rings. The summed E-state index contributed by atoms with van der Waals surface area (Å²) in [5.41, 5.74) is 21.9. The van der Waals surface area contributed by atoms with Crippen molar-refractivity contribution >= 4 is 17.1 Å². The molecule has 0 spiro atoms. The summed E-state index contributed by atoms with van der Waals surface area (Å²) < 4.78 is 0. The normalized spacial score (nSPS) is 15.1. The van der Waals surface area contributed by atoms with Crippen LogP contribution in [0.15, 0.2) is 255 Å². The van der Waals surface area contributed by atoms with E-state index in [1.807, 2.05) is 0 Å². The van der Waals surface area contributed by atoms with Crippen molar-refractivity contribution in [2.24, 2.45) is 0 Å². The van der Waals surface area contributed by atoms with Crippen molar-refractivity contribution in [3.05, 3.63) is 294 Å². The summed E-state index contributed by atoms with van der Waals surface area (Å²) in [7, 11) is 0. The van der Waals surface area contributed by atoms with E-state index in [0.717, 1.165) is 17.1 Å². The van der Waals surface area contributed by atoms with E-state index in [0.29, 0.717) is 0 Å². The lowest BCUT2D eigenvalue weighted by Gasteiger charge is -2.34. The molecule has 0 aromatic heterocycles. The zero-order valence-corrected chi connectivity index (χ0v) is 35.7. The van der Waals surface area contributed by atoms with Crippen LogP contribution in [0.25, 0.3) is 44.5 Å². The summed E-state index contributed by atoms with van der Waals surface area (Å²) >= 11 is 0. The molecule has 10 aromatic rings. The minimum absolute atomic E-state index is 0.239. The van der Waals surface area contributed by atoms with Gasteiger partial charge in [0.2, 0.25) is 0 Å². The van der Waals surface area contributed by atoms with Crippen LogP contribution in [0.3, 0.4) is 0 Å². The van der Waals surface area contributed by atoms with Crippen molar-refractivity contribution in [3.63, 3.8) is 0 Å².